The van der Waals surface area contributed by atoms with Crippen LogP contribution in [0.2, 0.25) is 0 Å². The molecule has 0 saturated carbocycles. The Kier molecular flexibility index (Phi) is 5.83. The number of carboxylic acids is 1. The van der Waals surface area contributed by atoms with Crippen molar-refractivity contribution in [1.82, 2.24) is 5.32 Å². The molecule has 2 atom stereocenters. The zero-order valence-electron chi connectivity index (χ0n) is 11.9. The van der Waals surface area contributed by atoms with E-state index in [1.807, 2.05) is 6.92 Å². The lowest BCUT2D eigenvalue weighted by atomic mass is 10.0. The van der Waals surface area contributed by atoms with Crippen LogP contribution in [-0.4, -0.2) is 27.9 Å². The van der Waals surface area contributed by atoms with E-state index < -0.39 is 16.9 Å². The lowest BCUT2D eigenvalue weighted by Gasteiger charge is -2.17. The first kappa shape index (κ1) is 16.6. The number of hydrogen-bond acceptors (Lipinski definition) is 4. The summed E-state index contributed by atoms with van der Waals surface area (Å²) in [6, 6.07) is 4.55. The van der Waals surface area contributed by atoms with Crippen LogP contribution < -0.4 is 5.32 Å². The summed E-state index contributed by atoms with van der Waals surface area (Å²) >= 11 is 0. The molecule has 0 fully saturated rings. The van der Waals surface area contributed by atoms with Crippen molar-refractivity contribution in [3.8, 4) is 0 Å². The zero-order valence-corrected chi connectivity index (χ0v) is 11.9. The summed E-state index contributed by atoms with van der Waals surface area (Å²) in [5.41, 5.74) is 0.548. The fraction of sp³-hybridized carbons (Fsp3) is 0.429. The molecule has 0 spiro atoms. The lowest BCUT2D eigenvalue weighted by Crippen LogP contribution is -2.44. The molecular formula is C14H18N2O5. The van der Waals surface area contributed by atoms with E-state index in [1.165, 1.54) is 24.3 Å². The summed E-state index contributed by atoms with van der Waals surface area (Å²) in [6.07, 6.45) is 0.700. The van der Waals surface area contributed by atoms with Crippen LogP contribution in [0.15, 0.2) is 24.3 Å². The van der Waals surface area contributed by atoms with E-state index in [9.17, 15) is 19.7 Å². The van der Waals surface area contributed by atoms with Gasteiger partial charge in [0.1, 0.15) is 6.04 Å². The largest absolute Gasteiger partial charge is 0.480 e. The van der Waals surface area contributed by atoms with Crippen LogP contribution in [0.5, 0.6) is 0 Å². The average Bonchev–Trinajstić information content (AvgIpc) is 2.45. The third-order valence-electron chi connectivity index (χ3n) is 3.26. The van der Waals surface area contributed by atoms with Gasteiger partial charge in [-0.3, -0.25) is 14.9 Å². The molecule has 0 unspecified atom stereocenters. The number of carbonyl (C=O) groups excluding carboxylic acids is 1. The van der Waals surface area contributed by atoms with E-state index in [2.05, 4.69) is 5.32 Å². The molecule has 1 aromatic rings. The van der Waals surface area contributed by atoms with Crippen LogP contribution >= 0.6 is 0 Å². The second-order valence-electron chi connectivity index (χ2n) is 4.84. The quantitative estimate of drug-likeness (QED) is 0.588. The van der Waals surface area contributed by atoms with Gasteiger partial charge >= 0.3 is 5.97 Å². The van der Waals surface area contributed by atoms with Crippen molar-refractivity contribution >= 4 is 17.6 Å². The Morgan fingerprint density at radius 3 is 2.33 bits per heavy atom. The van der Waals surface area contributed by atoms with E-state index in [4.69, 9.17) is 5.11 Å². The number of rotatable bonds is 7. The topological polar surface area (TPSA) is 110 Å². The lowest BCUT2D eigenvalue weighted by molar-refractivity contribution is -0.384. The summed E-state index contributed by atoms with van der Waals surface area (Å²) < 4.78 is 0. The first-order valence-electron chi connectivity index (χ1n) is 6.61. The highest BCUT2D eigenvalue weighted by molar-refractivity contribution is 5.84. The van der Waals surface area contributed by atoms with Gasteiger partial charge < -0.3 is 10.4 Å². The van der Waals surface area contributed by atoms with Crippen molar-refractivity contribution < 1.29 is 19.6 Å². The molecule has 0 aliphatic rings. The molecule has 0 bridgehead atoms. The van der Waals surface area contributed by atoms with Crippen LogP contribution in [0.3, 0.4) is 0 Å². The molecule has 1 rings (SSSR count). The number of nitrogens with one attached hydrogen (secondary N) is 1. The molecule has 114 valence electrons. The summed E-state index contributed by atoms with van der Waals surface area (Å²) in [4.78, 5) is 33.0. The van der Waals surface area contributed by atoms with Gasteiger partial charge in [0.25, 0.3) is 5.69 Å². The number of hydrogen-bond donors (Lipinski definition) is 2. The molecule has 0 radical (unpaired) electrons. The average molecular weight is 294 g/mol. The molecule has 0 aromatic heterocycles. The van der Waals surface area contributed by atoms with Gasteiger partial charge in [0, 0.05) is 24.5 Å². The smallest absolute Gasteiger partial charge is 0.326 e. The molecule has 0 aliphatic heterocycles. The van der Waals surface area contributed by atoms with Crippen LogP contribution in [0.4, 0.5) is 5.69 Å². The first-order valence-corrected chi connectivity index (χ1v) is 6.61. The first-order chi connectivity index (χ1) is 9.85. The number of carboxylic acid groups (broad SMARTS) is 1. The second-order valence-corrected chi connectivity index (χ2v) is 4.84. The van der Waals surface area contributed by atoms with Crippen molar-refractivity contribution in [3.05, 3.63) is 39.9 Å². The van der Waals surface area contributed by atoms with Crippen molar-refractivity contribution in [2.45, 2.75) is 32.7 Å². The van der Waals surface area contributed by atoms with Gasteiger partial charge in [-0.25, -0.2) is 4.79 Å². The number of nitro groups is 1. The minimum absolute atomic E-state index is 0.0609. The number of nitrogens with zero attached hydrogens (tertiary/aromatic N) is 1. The number of non-ortho nitro benzene ring substituents is 1. The molecule has 2 N–H and O–H groups in total. The molecule has 7 nitrogen and oxygen atoms in total. The summed E-state index contributed by atoms with van der Waals surface area (Å²) in [5, 5.41) is 22.2. The second kappa shape index (κ2) is 7.37. The zero-order chi connectivity index (χ0) is 16.0. The van der Waals surface area contributed by atoms with Crippen molar-refractivity contribution in [3.63, 3.8) is 0 Å². The van der Waals surface area contributed by atoms with Crippen LogP contribution in [0.25, 0.3) is 0 Å². The normalized spacial score (nSPS) is 13.2. The minimum Gasteiger partial charge on any atom is -0.480 e. The Labute approximate surface area is 122 Å². The minimum atomic E-state index is -1.13. The van der Waals surface area contributed by atoms with Gasteiger partial charge in [-0.15, -0.1) is 0 Å². The van der Waals surface area contributed by atoms with E-state index in [0.29, 0.717) is 12.0 Å². The number of amides is 1. The summed E-state index contributed by atoms with van der Waals surface area (Å²) in [5.74, 6) is -1.71. The number of nitro benzene ring substituents is 1. The van der Waals surface area contributed by atoms with Crippen LogP contribution in [0, 0.1) is 16.0 Å². The molecule has 1 aromatic carbocycles. The third-order valence-corrected chi connectivity index (χ3v) is 3.26. The molecule has 0 aliphatic carbocycles. The van der Waals surface area contributed by atoms with Crippen LogP contribution in [0.1, 0.15) is 25.8 Å². The van der Waals surface area contributed by atoms with Gasteiger partial charge in [-0.1, -0.05) is 26.0 Å². The van der Waals surface area contributed by atoms with Gasteiger partial charge in [0.2, 0.25) is 5.91 Å². The standard InChI is InChI=1S/C14H18N2O5/c1-3-9(2)13(17)15-12(14(18)19)8-10-4-6-11(7-5-10)16(20)21/h4-7,9,12H,3,8H2,1-2H3,(H,15,17)(H,18,19)/t9-,12+/m1/s1. The fourth-order valence-corrected chi connectivity index (χ4v) is 1.69. The van der Waals surface area contributed by atoms with E-state index >= 15 is 0 Å². The van der Waals surface area contributed by atoms with Crippen molar-refractivity contribution in [1.29, 1.82) is 0 Å². The van der Waals surface area contributed by atoms with E-state index in [-0.39, 0.29) is 23.9 Å². The van der Waals surface area contributed by atoms with Gasteiger partial charge in [0.15, 0.2) is 0 Å². The van der Waals surface area contributed by atoms with Crippen molar-refractivity contribution in [2.75, 3.05) is 0 Å². The highest BCUT2D eigenvalue weighted by Gasteiger charge is 2.22. The fourth-order valence-electron chi connectivity index (χ4n) is 1.69. The Bertz CT molecular complexity index is 527. The van der Waals surface area contributed by atoms with Gasteiger partial charge in [-0.2, -0.15) is 0 Å². The van der Waals surface area contributed by atoms with Crippen LogP contribution in [-0.2, 0) is 16.0 Å². The predicted octanol–water partition coefficient (Wildman–Crippen LogP) is 1.75. The predicted molar refractivity (Wildman–Crippen MR) is 75.8 cm³/mol. The number of aliphatic carboxylic acids is 1. The molecular weight excluding hydrogens is 276 g/mol. The molecule has 0 heterocycles. The SMILES string of the molecule is CC[C@@H](C)C(=O)N[C@@H](Cc1ccc([N+](=O)[O-])cc1)C(=O)O. The molecule has 1 amide bonds. The Morgan fingerprint density at radius 2 is 1.90 bits per heavy atom. The maximum atomic E-state index is 11.8. The molecule has 0 saturated heterocycles. The highest BCUT2D eigenvalue weighted by Crippen LogP contribution is 2.13. The van der Waals surface area contributed by atoms with E-state index in [0.717, 1.165) is 0 Å². The maximum Gasteiger partial charge on any atom is 0.326 e. The number of benzene rings is 1. The Balaban J connectivity index is 2.77. The van der Waals surface area contributed by atoms with Crippen molar-refractivity contribution in [2.24, 2.45) is 5.92 Å². The Morgan fingerprint density at radius 1 is 1.33 bits per heavy atom. The van der Waals surface area contributed by atoms with Gasteiger partial charge in [-0.05, 0) is 12.0 Å². The number of carbonyl (C=O) groups is 2. The highest BCUT2D eigenvalue weighted by atomic mass is 16.6. The third kappa shape index (κ3) is 4.87. The summed E-state index contributed by atoms with van der Waals surface area (Å²) in [7, 11) is 0. The molecule has 7 heteroatoms. The summed E-state index contributed by atoms with van der Waals surface area (Å²) in [6.45, 7) is 3.57. The Hall–Kier alpha value is -2.44. The molecule has 21 heavy (non-hydrogen) atoms. The monoisotopic (exact) mass is 294 g/mol. The van der Waals surface area contributed by atoms with Gasteiger partial charge in [0.05, 0.1) is 4.92 Å². The van der Waals surface area contributed by atoms with E-state index in [1.54, 1.807) is 6.92 Å². The maximum absolute atomic E-state index is 11.8.